The van der Waals surface area contributed by atoms with Gasteiger partial charge in [-0.3, -0.25) is 4.72 Å². The first-order valence-corrected chi connectivity index (χ1v) is 10.5. The first-order valence-electron chi connectivity index (χ1n) is 8.60. The quantitative estimate of drug-likeness (QED) is 0.729. The van der Waals surface area contributed by atoms with E-state index in [-0.39, 0.29) is 0 Å². The van der Waals surface area contributed by atoms with Gasteiger partial charge in [-0.1, -0.05) is 54.6 Å². The van der Waals surface area contributed by atoms with Gasteiger partial charge in [-0.05, 0) is 46.5 Å². The van der Waals surface area contributed by atoms with E-state index in [4.69, 9.17) is 4.74 Å². The molecule has 0 spiro atoms. The van der Waals surface area contributed by atoms with Gasteiger partial charge in [-0.25, -0.2) is 8.42 Å². The highest BCUT2D eigenvalue weighted by atomic mass is 32.2. The van der Waals surface area contributed by atoms with E-state index in [1.807, 2.05) is 54.6 Å². The smallest absolute Gasteiger partial charge is 0.229 e. The van der Waals surface area contributed by atoms with Crippen LogP contribution in [0.1, 0.15) is 22.3 Å². The van der Waals surface area contributed by atoms with Crippen molar-refractivity contribution in [3.05, 3.63) is 95.1 Å². The molecule has 136 valence electrons. The second kappa shape index (κ2) is 6.93. The largest absolute Gasteiger partial charge is 0.488 e. The van der Waals surface area contributed by atoms with Crippen LogP contribution >= 0.6 is 0 Å². The van der Waals surface area contributed by atoms with Crippen LogP contribution in [0.15, 0.2) is 72.8 Å². The molecular weight excluding hydrogens is 358 g/mol. The summed E-state index contributed by atoms with van der Waals surface area (Å²) in [6, 6.07) is 23.5. The van der Waals surface area contributed by atoms with Gasteiger partial charge in [-0.2, -0.15) is 0 Å². The molecule has 0 bridgehead atoms. The van der Waals surface area contributed by atoms with E-state index in [1.54, 1.807) is 6.07 Å². The first-order chi connectivity index (χ1) is 13.0. The van der Waals surface area contributed by atoms with Gasteiger partial charge in [-0.15, -0.1) is 0 Å². The fourth-order valence-electron chi connectivity index (χ4n) is 3.25. The summed E-state index contributed by atoms with van der Waals surface area (Å²) in [6.45, 7) is 0.514. The van der Waals surface area contributed by atoms with Crippen molar-refractivity contribution < 1.29 is 13.2 Å². The van der Waals surface area contributed by atoms with E-state index in [1.165, 1.54) is 0 Å². The molecule has 0 amide bonds. The van der Waals surface area contributed by atoms with Crippen LogP contribution in [-0.4, -0.2) is 14.7 Å². The Morgan fingerprint density at radius 2 is 1.67 bits per heavy atom. The summed E-state index contributed by atoms with van der Waals surface area (Å²) in [5.41, 5.74) is 5.75. The van der Waals surface area contributed by atoms with Crippen LogP contribution in [0.3, 0.4) is 0 Å². The number of rotatable bonds is 3. The number of nitrogens with one attached hydrogen (secondary N) is 1. The topological polar surface area (TPSA) is 55.4 Å². The summed E-state index contributed by atoms with van der Waals surface area (Å²) < 4.78 is 31.6. The monoisotopic (exact) mass is 377 g/mol. The third-order valence-electron chi connectivity index (χ3n) is 4.37. The average molecular weight is 377 g/mol. The van der Waals surface area contributed by atoms with Crippen LogP contribution < -0.4 is 9.46 Å². The Kier molecular flexibility index (Phi) is 4.46. The summed E-state index contributed by atoms with van der Waals surface area (Å²) in [5.74, 6) is 0.838. The molecule has 3 aromatic carbocycles. The van der Waals surface area contributed by atoms with Gasteiger partial charge in [0.1, 0.15) is 12.4 Å². The van der Waals surface area contributed by atoms with Crippen molar-refractivity contribution in [2.75, 3.05) is 11.0 Å². The zero-order chi connectivity index (χ0) is 18.9. The molecule has 0 aliphatic carbocycles. The fourth-order valence-corrected chi connectivity index (χ4v) is 3.81. The summed E-state index contributed by atoms with van der Waals surface area (Å²) >= 11 is 0. The number of anilines is 1. The predicted octanol–water partition coefficient (Wildman–Crippen LogP) is 4.54. The molecule has 1 aliphatic heterocycles. The summed E-state index contributed by atoms with van der Waals surface area (Å²) in [4.78, 5) is 0. The molecule has 4 nitrogen and oxygen atoms in total. The molecule has 27 heavy (non-hydrogen) atoms. The van der Waals surface area contributed by atoms with Gasteiger partial charge in [0.15, 0.2) is 0 Å². The Balaban J connectivity index is 1.87. The molecule has 0 fully saturated rings. The third-order valence-corrected chi connectivity index (χ3v) is 4.98. The molecule has 3 aromatic rings. The molecule has 0 atom stereocenters. The Morgan fingerprint density at radius 1 is 0.926 bits per heavy atom. The number of benzene rings is 3. The van der Waals surface area contributed by atoms with Crippen molar-refractivity contribution in [2.24, 2.45) is 0 Å². The summed E-state index contributed by atoms with van der Waals surface area (Å²) in [7, 11) is -3.32. The van der Waals surface area contributed by atoms with Crippen molar-refractivity contribution in [1.29, 1.82) is 0 Å². The number of hydrogen-bond acceptors (Lipinski definition) is 3. The van der Waals surface area contributed by atoms with Crippen molar-refractivity contribution in [2.45, 2.75) is 6.61 Å². The zero-order valence-electron chi connectivity index (χ0n) is 14.8. The van der Waals surface area contributed by atoms with E-state index in [9.17, 15) is 8.42 Å². The van der Waals surface area contributed by atoms with Crippen molar-refractivity contribution in [1.82, 2.24) is 0 Å². The molecule has 0 radical (unpaired) electrons. The number of fused-ring (bicyclic) bond motifs is 2. The molecule has 1 N–H and O–H groups in total. The van der Waals surface area contributed by atoms with Crippen LogP contribution in [0.4, 0.5) is 5.69 Å². The van der Waals surface area contributed by atoms with E-state index in [0.29, 0.717) is 12.3 Å². The maximum absolute atomic E-state index is 11.5. The van der Waals surface area contributed by atoms with E-state index < -0.39 is 10.0 Å². The normalized spacial score (nSPS) is 14.6. The molecule has 0 saturated carbocycles. The average Bonchev–Trinajstić information content (AvgIpc) is 2.79. The fraction of sp³-hybridized carbons (Fsp3) is 0.0909. The molecule has 0 unspecified atom stereocenters. The lowest BCUT2D eigenvalue weighted by molar-refractivity contribution is 0.307. The van der Waals surface area contributed by atoms with Crippen LogP contribution in [0.5, 0.6) is 5.75 Å². The Bertz CT molecular complexity index is 1080. The van der Waals surface area contributed by atoms with Crippen LogP contribution in [-0.2, 0) is 16.6 Å². The minimum atomic E-state index is -3.32. The zero-order valence-corrected chi connectivity index (χ0v) is 15.7. The van der Waals surface area contributed by atoms with Gasteiger partial charge in [0.25, 0.3) is 0 Å². The Hall–Kier alpha value is -3.05. The Labute approximate surface area is 159 Å². The first kappa shape index (κ1) is 17.4. The maximum Gasteiger partial charge on any atom is 0.229 e. The Morgan fingerprint density at radius 3 is 2.48 bits per heavy atom. The van der Waals surface area contributed by atoms with Crippen molar-refractivity contribution in [3.63, 3.8) is 0 Å². The van der Waals surface area contributed by atoms with Gasteiger partial charge >= 0.3 is 0 Å². The molecule has 5 heteroatoms. The maximum atomic E-state index is 11.5. The van der Waals surface area contributed by atoms with Gasteiger partial charge < -0.3 is 4.74 Å². The second-order valence-corrected chi connectivity index (χ2v) is 8.25. The highest BCUT2D eigenvalue weighted by molar-refractivity contribution is 7.92. The SMILES string of the molecule is CS(=O)(=O)Nc1cccc(/C=C2\c3ccccc3COc3ccccc32)c1. The lowest BCUT2D eigenvalue weighted by Crippen LogP contribution is -2.09. The summed E-state index contributed by atoms with van der Waals surface area (Å²) in [6.07, 6.45) is 3.22. The molecule has 1 heterocycles. The summed E-state index contributed by atoms with van der Waals surface area (Å²) in [5, 5.41) is 0. The highest BCUT2D eigenvalue weighted by Crippen LogP contribution is 2.37. The minimum Gasteiger partial charge on any atom is -0.488 e. The third kappa shape index (κ3) is 3.88. The van der Waals surface area contributed by atoms with Crippen molar-refractivity contribution in [3.8, 4) is 5.75 Å². The number of sulfonamides is 1. The minimum absolute atomic E-state index is 0.514. The predicted molar refractivity (Wildman–Crippen MR) is 109 cm³/mol. The molecular formula is C22H19NO3S. The number of para-hydroxylation sites is 1. The molecule has 0 saturated heterocycles. The number of hydrogen-bond donors (Lipinski definition) is 1. The van der Waals surface area contributed by atoms with Crippen molar-refractivity contribution >= 4 is 27.4 Å². The number of ether oxygens (including phenoxy) is 1. The van der Waals surface area contributed by atoms with Gasteiger partial charge in [0.05, 0.1) is 6.26 Å². The van der Waals surface area contributed by atoms with Gasteiger partial charge in [0.2, 0.25) is 10.0 Å². The van der Waals surface area contributed by atoms with E-state index in [0.717, 1.165) is 39.8 Å². The van der Waals surface area contributed by atoms with Crippen LogP contribution in [0, 0.1) is 0 Å². The lowest BCUT2D eigenvalue weighted by atomic mass is 9.92. The van der Waals surface area contributed by atoms with Crippen LogP contribution in [0.25, 0.3) is 11.6 Å². The molecule has 0 aromatic heterocycles. The van der Waals surface area contributed by atoms with Gasteiger partial charge in [0, 0.05) is 11.3 Å². The molecule has 4 rings (SSSR count). The van der Waals surface area contributed by atoms with E-state index in [2.05, 4.69) is 22.9 Å². The molecule has 1 aliphatic rings. The standard InChI is InChI=1S/C22H19NO3S/c1-27(24,25)23-18-9-6-7-16(13-18)14-21-19-10-3-2-8-17(19)15-26-22-12-5-4-11-20(21)22/h2-14,23H,15H2,1H3/b21-14+. The van der Waals surface area contributed by atoms with E-state index >= 15 is 0 Å². The highest BCUT2D eigenvalue weighted by Gasteiger charge is 2.18. The second-order valence-electron chi connectivity index (χ2n) is 6.50. The lowest BCUT2D eigenvalue weighted by Gasteiger charge is -2.11. The van der Waals surface area contributed by atoms with Crippen LogP contribution in [0.2, 0.25) is 0 Å².